The van der Waals surface area contributed by atoms with Crippen LogP contribution in [-0.2, 0) is 4.79 Å². The fourth-order valence-corrected chi connectivity index (χ4v) is 1.25. The first-order chi connectivity index (χ1) is 7.71. The third-order valence-corrected chi connectivity index (χ3v) is 2.33. The number of carbonyl (C=O) groups is 2. The molecular formula is C13H17NO3. The van der Waals surface area contributed by atoms with Gasteiger partial charge in [0.05, 0.1) is 11.3 Å². The molecule has 0 saturated heterocycles. The van der Waals surface area contributed by atoms with Gasteiger partial charge in [-0.05, 0) is 19.1 Å². The van der Waals surface area contributed by atoms with Gasteiger partial charge in [0.2, 0.25) is 5.91 Å². The van der Waals surface area contributed by atoms with Crippen molar-refractivity contribution >= 4 is 17.6 Å². The van der Waals surface area contributed by atoms with Crippen molar-refractivity contribution in [3.8, 4) is 0 Å². The normalized spacial score (nSPS) is 11.1. The Morgan fingerprint density at radius 2 is 1.82 bits per heavy atom. The molecule has 0 saturated carbocycles. The van der Waals surface area contributed by atoms with E-state index in [0.717, 1.165) is 5.56 Å². The van der Waals surface area contributed by atoms with Gasteiger partial charge in [-0.1, -0.05) is 32.4 Å². The summed E-state index contributed by atoms with van der Waals surface area (Å²) in [5.74, 6) is -1.25. The summed E-state index contributed by atoms with van der Waals surface area (Å²) in [7, 11) is 0. The van der Waals surface area contributed by atoms with Crippen LogP contribution in [0, 0.1) is 12.3 Å². The standard InChI is InChI=1S/C13H17NO3/c1-8-5-6-10(9(7-8)11(15)16)14-12(17)13(2,3)4/h5-7H,1-4H3,(H,14,17)(H,15,16). The van der Waals surface area contributed by atoms with Gasteiger partial charge < -0.3 is 10.4 Å². The average molecular weight is 235 g/mol. The van der Waals surface area contributed by atoms with E-state index in [2.05, 4.69) is 5.32 Å². The van der Waals surface area contributed by atoms with Crippen LogP contribution < -0.4 is 5.32 Å². The minimum absolute atomic E-state index is 0.114. The van der Waals surface area contributed by atoms with Crippen LogP contribution >= 0.6 is 0 Å². The number of aryl methyl sites for hydroxylation is 1. The Balaban J connectivity index is 3.07. The summed E-state index contributed by atoms with van der Waals surface area (Å²) in [6.07, 6.45) is 0. The quantitative estimate of drug-likeness (QED) is 0.828. The monoisotopic (exact) mass is 235 g/mol. The molecule has 0 radical (unpaired) electrons. The lowest BCUT2D eigenvalue weighted by atomic mass is 9.95. The van der Waals surface area contributed by atoms with E-state index >= 15 is 0 Å². The second kappa shape index (κ2) is 4.57. The Kier molecular flexibility index (Phi) is 3.56. The maximum Gasteiger partial charge on any atom is 0.337 e. The number of nitrogens with one attached hydrogen (secondary N) is 1. The third kappa shape index (κ3) is 3.31. The molecule has 0 fully saturated rings. The number of carboxylic acids is 1. The van der Waals surface area contributed by atoms with Crippen LogP contribution in [0.3, 0.4) is 0 Å². The summed E-state index contributed by atoms with van der Waals surface area (Å²) >= 11 is 0. The highest BCUT2D eigenvalue weighted by molar-refractivity contribution is 6.02. The van der Waals surface area contributed by atoms with Gasteiger partial charge in [-0.3, -0.25) is 4.79 Å². The van der Waals surface area contributed by atoms with Crippen molar-refractivity contribution in [2.75, 3.05) is 5.32 Å². The van der Waals surface area contributed by atoms with Crippen molar-refractivity contribution in [2.24, 2.45) is 5.41 Å². The predicted molar refractivity (Wildman–Crippen MR) is 66.2 cm³/mol. The second-order valence-electron chi connectivity index (χ2n) is 5.06. The highest BCUT2D eigenvalue weighted by atomic mass is 16.4. The lowest BCUT2D eigenvalue weighted by Crippen LogP contribution is -2.28. The zero-order valence-electron chi connectivity index (χ0n) is 10.5. The molecule has 0 unspecified atom stereocenters. The molecule has 4 nitrogen and oxygen atoms in total. The third-order valence-electron chi connectivity index (χ3n) is 2.33. The SMILES string of the molecule is Cc1ccc(NC(=O)C(C)(C)C)c(C(=O)O)c1. The molecule has 0 aromatic heterocycles. The van der Waals surface area contributed by atoms with Gasteiger partial charge >= 0.3 is 5.97 Å². The fourth-order valence-electron chi connectivity index (χ4n) is 1.25. The van der Waals surface area contributed by atoms with Crippen LogP contribution in [0.15, 0.2) is 18.2 Å². The maximum absolute atomic E-state index is 11.8. The first kappa shape index (κ1) is 13.2. The molecule has 4 heteroatoms. The molecule has 92 valence electrons. The Morgan fingerprint density at radius 1 is 1.24 bits per heavy atom. The maximum atomic E-state index is 11.8. The van der Waals surface area contributed by atoms with Gasteiger partial charge in [-0.25, -0.2) is 4.79 Å². The Bertz CT molecular complexity index is 458. The van der Waals surface area contributed by atoms with E-state index in [4.69, 9.17) is 5.11 Å². The van der Waals surface area contributed by atoms with Gasteiger partial charge in [0.25, 0.3) is 0 Å². The second-order valence-corrected chi connectivity index (χ2v) is 5.06. The highest BCUT2D eigenvalue weighted by Crippen LogP contribution is 2.21. The summed E-state index contributed by atoms with van der Waals surface area (Å²) in [4.78, 5) is 22.8. The van der Waals surface area contributed by atoms with E-state index < -0.39 is 11.4 Å². The van der Waals surface area contributed by atoms with Crippen LogP contribution in [-0.4, -0.2) is 17.0 Å². The lowest BCUT2D eigenvalue weighted by molar-refractivity contribution is -0.123. The number of benzene rings is 1. The summed E-state index contributed by atoms with van der Waals surface area (Å²) < 4.78 is 0. The van der Waals surface area contributed by atoms with Gasteiger partial charge in [-0.2, -0.15) is 0 Å². The Hall–Kier alpha value is -1.84. The van der Waals surface area contributed by atoms with E-state index in [9.17, 15) is 9.59 Å². The molecule has 1 amide bonds. The van der Waals surface area contributed by atoms with Crippen molar-refractivity contribution in [1.29, 1.82) is 0 Å². The van der Waals surface area contributed by atoms with E-state index in [0.29, 0.717) is 5.69 Å². The smallest absolute Gasteiger partial charge is 0.337 e. The molecule has 0 spiro atoms. The number of aromatic carboxylic acids is 1. The van der Waals surface area contributed by atoms with Gasteiger partial charge in [0.15, 0.2) is 0 Å². The molecule has 1 aromatic carbocycles. The van der Waals surface area contributed by atoms with Crippen LogP contribution in [0.5, 0.6) is 0 Å². The molecular weight excluding hydrogens is 218 g/mol. The van der Waals surface area contributed by atoms with Crippen molar-refractivity contribution in [3.05, 3.63) is 29.3 Å². The van der Waals surface area contributed by atoms with E-state index in [-0.39, 0.29) is 11.5 Å². The molecule has 0 heterocycles. The van der Waals surface area contributed by atoms with E-state index in [1.54, 1.807) is 39.0 Å². The molecule has 1 rings (SSSR count). The van der Waals surface area contributed by atoms with Gasteiger partial charge in [0, 0.05) is 5.41 Å². The minimum Gasteiger partial charge on any atom is -0.478 e. The summed E-state index contributed by atoms with van der Waals surface area (Å²) in [5, 5.41) is 11.7. The van der Waals surface area contributed by atoms with Crippen molar-refractivity contribution < 1.29 is 14.7 Å². The van der Waals surface area contributed by atoms with Crippen LogP contribution in [0.2, 0.25) is 0 Å². The lowest BCUT2D eigenvalue weighted by Gasteiger charge is -2.18. The predicted octanol–water partition coefficient (Wildman–Crippen LogP) is 2.68. The van der Waals surface area contributed by atoms with Gasteiger partial charge in [0.1, 0.15) is 0 Å². The zero-order valence-corrected chi connectivity index (χ0v) is 10.5. The molecule has 0 aliphatic heterocycles. The number of anilines is 1. The Labute approximate surface area is 101 Å². The molecule has 0 atom stereocenters. The van der Waals surface area contributed by atoms with E-state index in [1.807, 2.05) is 6.92 Å². The highest BCUT2D eigenvalue weighted by Gasteiger charge is 2.23. The Morgan fingerprint density at radius 3 is 2.29 bits per heavy atom. The summed E-state index contributed by atoms with van der Waals surface area (Å²) in [6.45, 7) is 7.13. The molecule has 0 bridgehead atoms. The number of hydrogen-bond acceptors (Lipinski definition) is 2. The summed E-state index contributed by atoms with van der Waals surface area (Å²) in [5.41, 5.74) is 0.738. The van der Waals surface area contributed by atoms with E-state index in [1.165, 1.54) is 0 Å². The molecule has 1 aromatic rings. The van der Waals surface area contributed by atoms with Crippen molar-refractivity contribution in [2.45, 2.75) is 27.7 Å². The average Bonchev–Trinajstić information content (AvgIpc) is 2.18. The molecule has 2 N–H and O–H groups in total. The van der Waals surface area contributed by atoms with Crippen LogP contribution in [0.1, 0.15) is 36.7 Å². The first-order valence-electron chi connectivity index (χ1n) is 5.37. The number of hydrogen-bond donors (Lipinski definition) is 2. The number of amides is 1. The van der Waals surface area contributed by atoms with Gasteiger partial charge in [-0.15, -0.1) is 0 Å². The molecule has 17 heavy (non-hydrogen) atoms. The molecule has 0 aliphatic carbocycles. The number of carbonyl (C=O) groups excluding carboxylic acids is 1. The summed E-state index contributed by atoms with van der Waals surface area (Å²) in [6, 6.07) is 4.92. The van der Waals surface area contributed by atoms with Crippen molar-refractivity contribution in [1.82, 2.24) is 0 Å². The fraction of sp³-hybridized carbons (Fsp3) is 0.385. The number of carboxylic acid groups (broad SMARTS) is 1. The van der Waals surface area contributed by atoms with Crippen LogP contribution in [0.25, 0.3) is 0 Å². The topological polar surface area (TPSA) is 66.4 Å². The van der Waals surface area contributed by atoms with Crippen molar-refractivity contribution in [3.63, 3.8) is 0 Å². The minimum atomic E-state index is -1.04. The zero-order chi connectivity index (χ0) is 13.2. The first-order valence-corrected chi connectivity index (χ1v) is 5.37. The largest absolute Gasteiger partial charge is 0.478 e. The van der Waals surface area contributed by atoms with Crippen LogP contribution in [0.4, 0.5) is 5.69 Å². The molecule has 0 aliphatic rings. The number of rotatable bonds is 2.